The van der Waals surface area contributed by atoms with Crippen LogP contribution in [0.1, 0.15) is 57.5 Å². The predicted octanol–water partition coefficient (Wildman–Crippen LogP) is 5.19. The lowest BCUT2D eigenvalue weighted by Gasteiger charge is -2.25. The fourth-order valence-corrected chi connectivity index (χ4v) is 5.93. The second-order valence-electron chi connectivity index (χ2n) is 7.48. The zero-order valence-electron chi connectivity index (χ0n) is 18.2. The van der Waals surface area contributed by atoms with E-state index in [0.29, 0.717) is 11.1 Å². The largest absolute Gasteiger partial charge is 0.477 e. The first-order valence-electron chi connectivity index (χ1n) is 10.2. The van der Waals surface area contributed by atoms with E-state index < -0.39 is 44.1 Å². The Morgan fingerprint density at radius 1 is 1.00 bits per heavy atom. The standard InChI is InChI=1S/C24H22F3NO4S/c1-4-17-13(3)21(20(5-2)28-22(17)24(29)30)23(18-12-15(26)8-11-19(18)27)33(31,32)16-9-6-14(25)7-10-16/h6-12,23H,4-5H2,1-3H3,(H,29,30). The lowest BCUT2D eigenvalue weighted by Crippen LogP contribution is -2.22. The number of halogens is 3. The quantitative estimate of drug-likeness (QED) is 0.473. The van der Waals surface area contributed by atoms with E-state index in [1.165, 1.54) is 0 Å². The second-order valence-corrected chi connectivity index (χ2v) is 9.51. The van der Waals surface area contributed by atoms with E-state index in [-0.39, 0.29) is 34.7 Å². The molecule has 174 valence electrons. The van der Waals surface area contributed by atoms with Crippen molar-refractivity contribution in [2.24, 2.45) is 0 Å². The summed E-state index contributed by atoms with van der Waals surface area (Å²) in [7, 11) is -4.44. The molecule has 0 aliphatic carbocycles. The highest BCUT2D eigenvalue weighted by Crippen LogP contribution is 2.41. The number of aryl methyl sites for hydroxylation is 1. The summed E-state index contributed by atoms with van der Waals surface area (Å²) in [6, 6.07) is 6.53. The fourth-order valence-electron chi connectivity index (χ4n) is 4.00. The third-order valence-corrected chi connectivity index (χ3v) is 7.59. The molecule has 1 aromatic heterocycles. The molecule has 0 bridgehead atoms. The molecule has 0 radical (unpaired) electrons. The van der Waals surface area contributed by atoms with E-state index in [1.54, 1.807) is 20.8 Å². The Balaban J connectivity index is 2.47. The van der Waals surface area contributed by atoms with Crippen LogP contribution in [0.3, 0.4) is 0 Å². The number of carboxylic acid groups (broad SMARTS) is 1. The van der Waals surface area contributed by atoms with Crippen LogP contribution < -0.4 is 0 Å². The summed E-state index contributed by atoms with van der Waals surface area (Å²) in [6.45, 7) is 4.90. The van der Waals surface area contributed by atoms with Crippen LogP contribution in [0.5, 0.6) is 0 Å². The van der Waals surface area contributed by atoms with Gasteiger partial charge in [-0.2, -0.15) is 0 Å². The molecule has 1 atom stereocenters. The van der Waals surface area contributed by atoms with Gasteiger partial charge in [0.05, 0.1) is 4.90 Å². The summed E-state index contributed by atoms with van der Waals surface area (Å²) in [5.74, 6) is -3.72. The van der Waals surface area contributed by atoms with E-state index in [9.17, 15) is 31.5 Å². The number of carboxylic acids is 1. The molecule has 1 N–H and O–H groups in total. The summed E-state index contributed by atoms with van der Waals surface area (Å²) in [6.07, 6.45) is 0.374. The molecule has 0 aliphatic heterocycles. The molecular weight excluding hydrogens is 455 g/mol. The Morgan fingerprint density at radius 2 is 1.61 bits per heavy atom. The number of aromatic carboxylic acids is 1. The molecule has 3 rings (SSSR count). The Morgan fingerprint density at radius 3 is 2.15 bits per heavy atom. The van der Waals surface area contributed by atoms with Crippen LogP contribution >= 0.6 is 0 Å². The van der Waals surface area contributed by atoms with Gasteiger partial charge in [-0.25, -0.2) is 31.4 Å². The van der Waals surface area contributed by atoms with Crippen molar-refractivity contribution in [2.75, 3.05) is 0 Å². The molecule has 5 nitrogen and oxygen atoms in total. The summed E-state index contributed by atoms with van der Waals surface area (Å²) in [5.41, 5.74) is 0.193. The molecule has 0 aliphatic rings. The van der Waals surface area contributed by atoms with Crippen LogP contribution in [0.15, 0.2) is 47.4 Å². The van der Waals surface area contributed by atoms with E-state index in [0.717, 1.165) is 42.5 Å². The fraction of sp³-hybridized carbons (Fsp3) is 0.250. The Labute approximate surface area is 189 Å². The van der Waals surface area contributed by atoms with E-state index in [2.05, 4.69) is 4.98 Å². The van der Waals surface area contributed by atoms with Gasteiger partial charge in [0.25, 0.3) is 0 Å². The minimum Gasteiger partial charge on any atom is -0.477 e. The highest BCUT2D eigenvalue weighted by molar-refractivity contribution is 7.92. The van der Waals surface area contributed by atoms with Gasteiger partial charge >= 0.3 is 5.97 Å². The van der Waals surface area contributed by atoms with Crippen LogP contribution in [-0.2, 0) is 22.7 Å². The van der Waals surface area contributed by atoms with Gasteiger partial charge < -0.3 is 5.11 Å². The molecule has 1 heterocycles. The molecule has 3 aromatic rings. The van der Waals surface area contributed by atoms with Crippen molar-refractivity contribution in [1.82, 2.24) is 4.98 Å². The predicted molar refractivity (Wildman–Crippen MR) is 116 cm³/mol. The van der Waals surface area contributed by atoms with Gasteiger partial charge in [-0.15, -0.1) is 0 Å². The average molecular weight is 478 g/mol. The van der Waals surface area contributed by atoms with Crippen LogP contribution in [0.2, 0.25) is 0 Å². The van der Waals surface area contributed by atoms with Gasteiger partial charge in [0.1, 0.15) is 22.7 Å². The number of hydrogen-bond donors (Lipinski definition) is 1. The maximum absolute atomic E-state index is 15.0. The first-order valence-corrected chi connectivity index (χ1v) is 11.8. The van der Waals surface area contributed by atoms with Crippen LogP contribution in [0.25, 0.3) is 0 Å². The number of pyridine rings is 1. The maximum Gasteiger partial charge on any atom is 0.354 e. The monoisotopic (exact) mass is 477 g/mol. The van der Waals surface area contributed by atoms with Crippen molar-refractivity contribution in [3.8, 4) is 0 Å². The molecule has 0 fully saturated rings. The number of benzene rings is 2. The topological polar surface area (TPSA) is 84.3 Å². The number of carbonyl (C=O) groups is 1. The first-order chi connectivity index (χ1) is 15.5. The zero-order chi connectivity index (χ0) is 24.5. The van der Waals surface area contributed by atoms with Crippen molar-refractivity contribution in [2.45, 2.75) is 43.8 Å². The van der Waals surface area contributed by atoms with E-state index >= 15 is 0 Å². The molecule has 2 aromatic carbocycles. The zero-order valence-corrected chi connectivity index (χ0v) is 19.0. The molecule has 0 saturated heterocycles. The lowest BCUT2D eigenvalue weighted by molar-refractivity contribution is 0.0688. The number of aromatic nitrogens is 1. The smallest absolute Gasteiger partial charge is 0.354 e. The molecule has 0 spiro atoms. The van der Waals surface area contributed by atoms with Crippen molar-refractivity contribution in [1.29, 1.82) is 0 Å². The number of rotatable bonds is 7. The minimum atomic E-state index is -4.44. The maximum atomic E-state index is 15.0. The number of sulfone groups is 1. The normalized spacial score (nSPS) is 12.5. The SMILES string of the molecule is CCc1nc(C(=O)O)c(CC)c(C)c1C(c1cc(F)ccc1F)S(=O)(=O)c1ccc(F)cc1. The third kappa shape index (κ3) is 4.50. The van der Waals surface area contributed by atoms with Crippen molar-refractivity contribution in [3.05, 3.63) is 93.6 Å². The Hall–Kier alpha value is -3.20. The van der Waals surface area contributed by atoms with Crippen LogP contribution in [0.4, 0.5) is 13.2 Å². The summed E-state index contributed by atoms with van der Waals surface area (Å²) in [4.78, 5) is 15.7. The Bertz CT molecular complexity index is 1320. The molecule has 9 heteroatoms. The highest BCUT2D eigenvalue weighted by Gasteiger charge is 2.37. The van der Waals surface area contributed by atoms with Crippen molar-refractivity contribution in [3.63, 3.8) is 0 Å². The Kier molecular flexibility index (Phi) is 6.92. The van der Waals surface area contributed by atoms with Gasteiger partial charge in [-0.3, -0.25) is 0 Å². The molecule has 33 heavy (non-hydrogen) atoms. The third-order valence-electron chi connectivity index (χ3n) is 5.55. The second kappa shape index (κ2) is 9.35. The number of hydrogen-bond acceptors (Lipinski definition) is 4. The number of nitrogens with zero attached hydrogens (tertiary/aromatic N) is 1. The van der Waals surface area contributed by atoms with E-state index in [1.807, 2.05) is 0 Å². The lowest BCUT2D eigenvalue weighted by atomic mass is 9.91. The van der Waals surface area contributed by atoms with Gasteiger partial charge in [0, 0.05) is 11.3 Å². The van der Waals surface area contributed by atoms with Gasteiger partial charge in [0.2, 0.25) is 0 Å². The van der Waals surface area contributed by atoms with Crippen molar-refractivity contribution < 1.29 is 31.5 Å². The van der Waals surface area contributed by atoms with Crippen LogP contribution in [0, 0.1) is 24.4 Å². The highest BCUT2D eigenvalue weighted by atomic mass is 32.2. The molecule has 0 amide bonds. The van der Waals surface area contributed by atoms with Gasteiger partial charge in [-0.1, -0.05) is 13.8 Å². The summed E-state index contributed by atoms with van der Waals surface area (Å²) in [5, 5.41) is 7.88. The molecule has 0 saturated carbocycles. The average Bonchev–Trinajstić information content (AvgIpc) is 2.77. The van der Waals surface area contributed by atoms with E-state index in [4.69, 9.17) is 0 Å². The minimum absolute atomic E-state index is 0.0909. The molecular formula is C24H22F3NO4S. The first kappa shape index (κ1) is 24.4. The van der Waals surface area contributed by atoms with Gasteiger partial charge in [-0.05, 0) is 78.9 Å². The summed E-state index contributed by atoms with van der Waals surface area (Å²) < 4.78 is 70.2. The van der Waals surface area contributed by atoms with Gasteiger partial charge in [0.15, 0.2) is 15.5 Å². The van der Waals surface area contributed by atoms with Crippen molar-refractivity contribution >= 4 is 15.8 Å². The van der Waals surface area contributed by atoms with Crippen LogP contribution in [-0.4, -0.2) is 24.5 Å². The summed E-state index contributed by atoms with van der Waals surface area (Å²) >= 11 is 0. The molecule has 1 unspecified atom stereocenters.